The molecule has 0 aromatic carbocycles. The summed E-state index contributed by atoms with van der Waals surface area (Å²) >= 11 is 0. The van der Waals surface area contributed by atoms with Crippen molar-refractivity contribution in [1.82, 2.24) is 10.2 Å². The Hall–Kier alpha value is -1.83. The van der Waals surface area contributed by atoms with Crippen LogP contribution >= 0.6 is 0 Å². The molecule has 1 aliphatic heterocycles. The number of carbonyl (C=O) groups is 3. The molecule has 0 aromatic heterocycles. The summed E-state index contributed by atoms with van der Waals surface area (Å²) in [7, 11) is 0. The van der Waals surface area contributed by atoms with E-state index in [0.717, 1.165) is 12.8 Å². The highest BCUT2D eigenvalue weighted by atomic mass is 16.6. The van der Waals surface area contributed by atoms with Gasteiger partial charge >= 0.3 is 18.0 Å². The van der Waals surface area contributed by atoms with Gasteiger partial charge in [-0.2, -0.15) is 0 Å². The average Bonchev–Trinajstić information content (AvgIpc) is 3.00. The Morgan fingerprint density at radius 2 is 1.67 bits per heavy atom. The van der Waals surface area contributed by atoms with E-state index in [4.69, 9.17) is 14.2 Å². The van der Waals surface area contributed by atoms with Crippen molar-refractivity contribution in [3.8, 4) is 0 Å². The molecule has 30 heavy (non-hydrogen) atoms. The van der Waals surface area contributed by atoms with E-state index in [0.29, 0.717) is 12.5 Å². The Morgan fingerprint density at radius 3 is 2.23 bits per heavy atom. The van der Waals surface area contributed by atoms with Gasteiger partial charge in [-0.3, -0.25) is 9.69 Å². The summed E-state index contributed by atoms with van der Waals surface area (Å²) in [6.07, 6.45) is 5.23. The topological polar surface area (TPSA) is 94.2 Å². The van der Waals surface area contributed by atoms with Gasteiger partial charge in [0.25, 0.3) is 0 Å². The van der Waals surface area contributed by atoms with E-state index in [-0.39, 0.29) is 32.1 Å². The van der Waals surface area contributed by atoms with Crippen LogP contribution in [0.25, 0.3) is 0 Å². The molecule has 1 saturated carbocycles. The van der Waals surface area contributed by atoms with Crippen molar-refractivity contribution in [3.63, 3.8) is 0 Å². The molecule has 0 aromatic rings. The molecule has 2 atom stereocenters. The quantitative estimate of drug-likeness (QED) is 0.494. The second-order valence-corrected chi connectivity index (χ2v) is 9.33. The molecule has 172 valence electrons. The zero-order valence-corrected chi connectivity index (χ0v) is 19.1. The summed E-state index contributed by atoms with van der Waals surface area (Å²) in [6.45, 7) is 10.1. The van der Waals surface area contributed by atoms with Gasteiger partial charge in [0.2, 0.25) is 0 Å². The maximum atomic E-state index is 13.0. The number of likely N-dealkylation sites (tertiary alicyclic amines) is 1. The minimum absolute atomic E-state index is 0.108. The fourth-order valence-electron chi connectivity index (χ4n) is 4.40. The second kappa shape index (κ2) is 10.5. The molecule has 1 amide bonds. The molecule has 8 heteroatoms. The van der Waals surface area contributed by atoms with Crippen LogP contribution < -0.4 is 5.32 Å². The molecular weight excluding hydrogens is 388 g/mol. The van der Waals surface area contributed by atoms with Crippen LogP contribution in [0.4, 0.5) is 4.79 Å². The molecule has 8 nitrogen and oxygen atoms in total. The van der Waals surface area contributed by atoms with Gasteiger partial charge in [0.15, 0.2) is 5.54 Å². The number of nitrogens with one attached hydrogen (secondary N) is 1. The van der Waals surface area contributed by atoms with Crippen molar-refractivity contribution in [3.05, 3.63) is 0 Å². The van der Waals surface area contributed by atoms with Crippen LogP contribution in [0.15, 0.2) is 0 Å². The average molecular weight is 427 g/mol. The predicted octanol–water partition coefficient (Wildman–Crippen LogP) is 3.03. The number of esters is 2. The number of rotatable bonds is 7. The molecule has 0 bridgehead atoms. The Kier molecular flexibility index (Phi) is 8.52. The number of ether oxygens (including phenoxy) is 3. The molecule has 2 aliphatic rings. The predicted molar refractivity (Wildman–Crippen MR) is 112 cm³/mol. The van der Waals surface area contributed by atoms with Crippen LogP contribution in [0.5, 0.6) is 0 Å². The van der Waals surface area contributed by atoms with E-state index in [1.807, 2.05) is 4.90 Å². The lowest BCUT2D eigenvalue weighted by molar-refractivity contribution is -0.150. The summed E-state index contributed by atoms with van der Waals surface area (Å²) < 4.78 is 16.0. The second-order valence-electron chi connectivity index (χ2n) is 9.33. The lowest BCUT2D eigenvalue weighted by Crippen LogP contribution is -2.58. The van der Waals surface area contributed by atoms with Crippen molar-refractivity contribution in [2.45, 2.75) is 90.3 Å². The lowest BCUT2D eigenvalue weighted by atomic mass is 9.89. The third-order valence-corrected chi connectivity index (χ3v) is 5.64. The molecule has 1 N–H and O–H groups in total. The van der Waals surface area contributed by atoms with Crippen molar-refractivity contribution in [2.24, 2.45) is 5.92 Å². The summed E-state index contributed by atoms with van der Waals surface area (Å²) in [4.78, 5) is 40.2. The third kappa shape index (κ3) is 6.59. The molecule has 1 aliphatic carbocycles. The Balaban J connectivity index is 2.26. The van der Waals surface area contributed by atoms with Crippen LogP contribution in [0.3, 0.4) is 0 Å². The normalized spacial score (nSPS) is 25.6. The molecule has 1 saturated heterocycles. The van der Waals surface area contributed by atoms with Crippen LogP contribution in [0.1, 0.15) is 73.1 Å². The van der Waals surface area contributed by atoms with E-state index in [1.54, 1.807) is 34.6 Å². The highest BCUT2D eigenvalue weighted by molar-refractivity contribution is 5.89. The van der Waals surface area contributed by atoms with E-state index in [1.165, 1.54) is 19.3 Å². The number of carbonyl (C=O) groups excluding carboxylic acids is 3. The number of hydrogen-bond donors (Lipinski definition) is 1. The van der Waals surface area contributed by atoms with Gasteiger partial charge in [-0.15, -0.1) is 0 Å². The van der Waals surface area contributed by atoms with Crippen molar-refractivity contribution in [2.75, 3.05) is 26.3 Å². The Morgan fingerprint density at radius 1 is 1.03 bits per heavy atom. The zero-order chi connectivity index (χ0) is 22.4. The molecule has 0 radical (unpaired) electrons. The van der Waals surface area contributed by atoms with Crippen molar-refractivity contribution in [1.29, 1.82) is 0 Å². The first kappa shape index (κ1) is 24.4. The van der Waals surface area contributed by atoms with Gasteiger partial charge in [0.05, 0.1) is 13.2 Å². The van der Waals surface area contributed by atoms with E-state index in [2.05, 4.69) is 5.32 Å². The fourth-order valence-corrected chi connectivity index (χ4v) is 4.40. The lowest BCUT2D eigenvalue weighted by Gasteiger charge is -2.31. The molecular formula is C22H38N2O6. The largest absolute Gasteiger partial charge is 0.465 e. The number of hydrogen-bond acceptors (Lipinski definition) is 7. The molecule has 1 heterocycles. The molecule has 2 fully saturated rings. The molecule has 2 rings (SSSR count). The van der Waals surface area contributed by atoms with Gasteiger partial charge in [-0.05, 0) is 53.4 Å². The van der Waals surface area contributed by atoms with Gasteiger partial charge < -0.3 is 19.5 Å². The number of nitrogens with zero attached hydrogens (tertiary/aromatic N) is 1. The summed E-state index contributed by atoms with van der Waals surface area (Å²) in [5.74, 6) is -0.447. The highest BCUT2D eigenvalue weighted by Gasteiger charge is 2.54. The van der Waals surface area contributed by atoms with E-state index < -0.39 is 29.2 Å². The maximum absolute atomic E-state index is 13.0. The minimum Gasteiger partial charge on any atom is -0.465 e. The Bertz CT molecular complexity index is 611. The number of amides is 1. The smallest absolute Gasteiger partial charge is 0.408 e. The van der Waals surface area contributed by atoms with Crippen LogP contribution in [0, 0.1) is 5.92 Å². The first-order valence-corrected chi connectivity index (χ1v) is 11.2. The third-order valence-electron chi connectivity index (χ3n) is 5.64. The summed E-state index contributed by atoms with van der Waals surface area (Å²) in [5, 5.41) is 2.74. The van der Waals surface area contributed by atoms with E-state index >= 15 is 0 Å². The van der Waals surface area contributed by atoms with Crippen molar-refractivity contribution < 1.29 is 28.6 Å². The van der Waals surface area contributed by atoms with Gasteiger partial charge in [0, 0.05) is 19.5 Å². The maximum Gasteiger partial charge on any atom is 0.408 e. The molecule has 0 spiro atoms. The number of alkyl carbamates (subject to hydrolysis) is 1. The summed E-state index contributed by atoms with van der Waals surface area (Å²) in [5.41, 5.74) is -2.05. The van der Waals surface area contributed by atoms with Crippen molar-refractivity contribution >= 4 is 18.0 Å². The monoisotopic (exact) mass is 426 g/mol. The van der Waals surface area contributed by atoms with Crippen LogP contribution in [0.2, 0.25) is 0 Å². The molecule has 2 unspecified atom stereocenters. The van der Waals surface area contributed by atoms with E-state index in [9.17, 15) is 14.4 Å². The van der Waals surface area contributed by atoms with Crippen LogP contribution in [-0.4, -0.2) is 66.4 Å². The first-order chi connectivity index (χ1) is 14.1. The highest BCUT2D eigenvalue weighted by Crippen LogP contribution is 2.33. The van der Waals surface area contributed by atoms with Crippen LogP contribution in [-0.2, 0) is 23.8 Å². The first-order valence-electron chi connectivity index (χ1n) is 11.2. The standard InChI is InChI=1S/C22H38N2O6/c1-6-28-18(25)17-13-22(19(26)29-7-2,23-20(27)30-21(3,4)5)15-24(17)14-16-11-9-8-10-12-16/h16-17H,6-15H2,1-5H3,(H,23,27). The Labute approximate surface area is 180 Å². The SMILES string of the molecule is CCOC(=O)C1CC(NC(=O)OC(C)(C)C)(C(=O)OCC)CN1CC1CCCCC1. The summed E-state index contributed by atoms with van der Waals surface area (Å²) in [6, 6.07) is -0.605. The zero-order valence-electron chi connectivity index (χ0n) is 19.1. The minimum atomic E-state index is -1.34. The van der Waals surface area contributed by atoms with Gasteiger partial charge in [-0.1, -0.05) is 19.3 Å². The fraction of sp³-hybridized carbons (Fsp3) is 0.864. The van der Waals surface area contributed by atoms with Gasteiger partial charge in [0.1, 0.15) is 11.6 Å². The van der Waals surface area contributed by atoms with Gasteiger partial charge in [-0.25, -0.2) is 9.59 Å².